The van der Waals surface area contributed by atoms with Gasteiger partial charge in [-0.15, -0.1) is 0 Å². The second-order valence-electron chi connectivity index (χ2n) is 5.47. The van der Waals surface area contributed by atoms with Crippen LogP contribution < -0.4 is 5.32 Å². The van der Waals surface area contributed by atoms with E-state index in [0.29, 0.717) is 23.6 Å². The molecule has 1 saturated heterocycles. The van der Waals surface area contributed by atoms with Gasteiger partial charge in [0.1, 0.15) is 6.07 Å². The first-order chi connectivity index (χ1) is 10.6. The molecule has 0 bridgehead atoms. The van der Waals surface area contributed by atoms with Crippen molar-refractivity contribution in [3.8, 4) is 6.07 Å². The fourth-order valence-electron chi connectivity index (χ4n) is 2.74. The van der Waals surface area contributed by atoms with E-state index in [2.05, 4.69) is 16.4 Å². The average molecular weight is 315 g/mol. The summed E-state index contributed by atoms with van der Waals surface area (Å²) in [5.41, 5.74) is 2.00. The van der Waals surface area contributed by atoms with E-state index in [9.17, 15) is 10.1 Å². The number of anilines is 1. The number of rotatable bonds is 2. The minimum atomic E-state index is 0.111. The summed E-state index contributed by atoms with van der Waals surface area (Å²) in [6.45, 7) is 0.619. The van der Waals surface area contributed by atoms with Gasteiger partial charge in [0.15, 0.2) is 0 Å². The first-order valence-corrected chi connectivity index (χ1v) is 7.45. The minimum absolute atomic E-state index is 0.111. The van der Waals surface area contributed by atoms with Gasteiger partial charge in [0.2, 0.25) is 5.91 Å². The van der Waals surface area contributed by atoms with Gasteiger partial charge in [0, 0.05) is 42.7 Å². The molecule has 1 aromatic heterocycles. The Balaban J connectivity index is 2.00. The Morgan fingerprint density at radius 2 is 2.32 bits per heavy atom. The Morgan fingerprint density at radius 3 is 3.05 bits per heavy atom. The number of aromatic nitrogens is 1. The Hall–Kier alpha value is -2.32. The van der Waals surface area contributed by atoms with Crippen LogP contribution in [-0.2, 0) is 4.79 Å². The van der Waals surface area contributed by atoms with Gasteiger partial charge in [-0.3, -0.25) is 9.78 Å². The molecule has 0 saturated carbocycles. The van der Waals surface area contributed by atoms with Crippen LogP contribution in [0.15, 0.2) is 24.4 Å². The van der Waals surface area contributed by atoms with Crippen molar-refractivity contribution in [2.75, 3.05) is 18.9 Å². The molecule has 112 valence electrons. The molecule has 1 aromatic carbocycles. The number of nitriles is 1. The molecule has 1 fully saturated rings. The summed E-state index contributed by atoms with van der Waals surface area (Å²) in [4.78, 5) is 17.6. The van der Waals surface area contributed by atoms with E-state index < -0.39 is 0 Å². The standard InChI is InChI=1S/C16H15ClN4O/c1-21-9-12(3-5-15(21)22)20-16-10(7-18)8-19-14-4-2-11(17)6-13(14)16/h2,4,6,8,12H,3,5,9H2,1H3,(H,19,20)/t12-/m0/s1. The molecule has 2 aromatic rings. The second-order valence-corrected chi connectivity index (χ2v) is 5.91. The number of hydrogen-bond acceptors (Lipinski definition) is 4. The monoisotopic (exact) mass is 314 g/mol. The Bertz CT molecular complexity index is 784. The summed E-state index contributed by atoms with van der Waals surface area (Å²) in [5.74, 6) is 0.154. The number of amides is 1. The number of hydrogen-bond donors (Lipinski definition) is 1. The van der Waals surface area contributed by atoms with Crippen molar-refractivity contribution in [1.29, 1.82) is 5.26 Å². The number of benzene rings is 1. The molecular formula is C16H15ClN4O. The van der Waals surface area contributed by atoms with Crippen molar-refractivity contribution < 1.29 is 4.79 Å². The number of fused-ring (bicyclic) bond motifs is 1. The molecule has 1 atom stereocenters. The lowest BCUT2D eigenvalue weighted by Crippen LogP contribution is -2.43. The molecule has 1 N–H and O–H groups in total. The molecule has 0 unspecified atom stereocenters. The third-order valence-electron chi connectivity index (χ3n) is 3.93. The van der Waals surface area contributed by atoms with E-state index in [1.807, 2.05) is 12.1 Å². The lowest BCUT2D eigenvalue weighted by molar-refractivity contribution is -0.132. The van der Waals surface area contributed by atoms with Crippen molar-refractivity contribution in [3.63, 3.8) is 0 Å². The largest absolute Gasteiger partial charge is 0.379 e. The van der Waals surface area contributed by atoms with Crippen LogP contribution >= 0.6 is 11.6 Å². The van der Waals surface area contributed by atoms with Gasteiger partial charge in [-0.1, -0.05) is 11.6 Å². The molecule has 0 aliphatic carbocycles. The minimum Gasteiger partial charge on any atom is -0.379 e. The summed E-state index contributed by atoms with van der Waals surface area (Å²) in [5, 5.41) is 14.2. The van der Waals surface area contributed by atoms with Gasteiger partial charge in [0.05, 0.1) is 16.8 Å². The van der Waals surface area contributed by atoms with E-state index in [-0.39, 0.29) is 11.9 Å². The van der Waals surface area contributed by atoms with Crippen LogP contribution in [-0.4, -0.2) is 35.4 Å². The lowest BCUT2D eigenvalue weighted by atomic mass is 10.0. The molecule has 6 heteroatoms. The smallest absolute Gasteiger partial charge is 0.222 e. The van der Waals surface area contributed by atoms with Crippen LogP contribution in [0.4, 0.5) is 5.69 Å². The predicted molar refractivity (Wildman–Crippen MR) is 85.7 cm³/mol. The predicted octanol–water partition coefficient (Wildman–Crippen LogP) is 2.79. The normalized spacial score (nSPS) is 18.3. The number of likely N-dealkylation sites (tertiary alicyclic amines) is 1. The zero-order chi connectivity index (χ0) is 15.7. The number of piperidine rings is 1. The van der Waals surface area contributed by atoms with E-state index in [1.54, 1.807) is 24.2 Å². The summed E-state index contributed by atoms with van der Waals surface area (Å²) < 4.78 is 0. The average Bonchev–Trinajstić information content (AvgIpc) is 2.51. The van der Waals surface area contributed by atoms with Gasteiger partial charge in [-0.05, 0) is 24.6 Å². The van der Waals surface area contributed by atoms with Crippen LogP contribution in [0.25, 0.3) is 10.9 Å². The number of carbonyl (C=O) groups excluding carboxylic acids is 1. The molecule has 0 spiro atoms. The van der Waals surface area contributed by atoms with Crippen LogP contribution in [0.1, 0.15) is 18.4 Å². The molecular weight excluding hydrogens is 300 g/mol. The number of pyridine rings is 1. The SMILES string of the molecule is CN1C[C@@H](Nc2c(C#N)cnc3ccc(Cl)cc23)CCC1=O. The van der Waals surface area contributed by atoms with E-state index in [1.165, 1.54) is 0 Å². The molecule has 1 amide bonds. The van der Waals surface area contributed by atoms with Gasteiger partial charge in [-0.25, -0.2) is 0 Å². The van der Waals surface area contributed by atoms with Gasteiger partial charge >= 0.3 is 0 Å². The van der Waals surface area contributed by atoms with Crippen LogP contribution in [0, 0.1) is 11.3 Å². The summed E-state index contributed by atoms with van der Waals surface area (Å²) in [6.07, 6.45) is 2.83. The number of halogens is 1. The third kappa shape index (κ3) is 2.70. The van der Waals surface area contributed by atoms with Gasteiger partial charge in [-0.2, -0.15) is 5.26 Å². The Kier molecular flexibility index (Phi) is 3.86. The van der Waals surface area contributed by atoms with Gasteiger partial charge in [0.25, 0.3) is 0 Å². The summed E-state index contributed by atoms with van der Waals surface area (Å²) in [7, 11) is 1.79. The van der Waals surface area contributed by atoms with Crippen molar-refractivity contribution in [3.05, 3.63) is 35.0 Å². The lowest BCUT2D eigenvalue weighted by Gasteiger charge is -2.31. The third-order valence-corrected chi connectivity index (χ3v) is 4.16. The molecule has 5 nitrogen and oxygen atoms in total. The summed E-state index contributed by atoms with van der Waals surface area (Å²) in [6, 6.07) is 7.70. The maximum atomic E-state index is 11.6. The molecule has 2 heterocycles. The fourth-order valence-corrected chi connectivity index (χ4v) is 2.91. The van der Waals surface area contributed by atoms with Crippen molar-refractivity contribution >= 4 is 34.1 Å². The highest BCUT2D eigenvalue weighted by Crippen LogP contribution is 2.29. The van der Waals surface area contributed by atoms with Crippen molar-refractivity contribution in [2.45, 2.75) is 18.9 Å². The molecule has 22 heavy (non-hydrogen) atoms. The highest BCUT2D eigenvalue weighted by Gasteiger charge is 2.24. The van der Waals surface area contributed by atoms with Crippen LogP contribution in [0.3, 0.4) is 0 Å². The quantitative estimate of drug-likeness (QED) is 0.925. The molecule has 0 radical (unpaired) electrons. The maximum absolute atomic E-state index is 11.6. The first kappa shape index (κ1) is 14.6. The van der Waals surface area contributed by atoms with Crippen molar-refractivity contribution in [2.24, 2.45) is 0 Å². The van der Waals surface area contributed by atoms with E-state index >= 15 is 0 Å². The first-order valence-electron chi connectivity index (χ1n) is 7.07. The molecule has 1 aliphatic rings. The van der Waals surface area contributed by atoms with Crippen LogP contribution in [0.2, 0.25) is 5.02 Å². The maximum Gasteiger partial charge on any atom is 0.222 e. The van der Waals surface area contributed by atoms with Crippen LogP contribution in [0.5, 0.6) is 0 Å². The van der Waals surface area contributed by atoms with E-state index in [0.717, 1.165) is 23.0 Å². The van der Waals surface area contributed by atoms with Crippen molar-refractivity contribution in [1.82, 2.24) is 9.88 Å². The second kappa shape index (κ2) is 5.82. The topological polar surface area (TPSA) is 69.0 Å². The zero-order valence-electron chi connectivity index (χ0n) is 12.1. The fraction of sp³-hybridized carbons (Fsp3) is 0.312. The van der Waals surface area contributed by atoms with Gasteiger partial charge < -0.3 is 10.2 Å². The Labute approximate surface area is 133 Å². The number of likely N-dealkylation sites (N-methyl/N-ethyl adjacent to an activating group) is 1. The highest BCUT2D eigenvalue weighted by molar-refractivity contribution is 6.31. The number of nitrogens with zero attached hydrogens (tertiary/aromatic N) is 3. The number of carbonyl (C=O) groups is 1. The summed E-state index contributed by atoms with van der Waals surface area (Å²) >= 11 is 6.08. The number of nitrogens with one attached hydrogen (secondary N) is 1. The molecule has 3 rings (SSSR count). The zero-order valence-corrected chi connectivity index (χ0v) is 12.9. The van der Waals surface area contributed by atoms with E-state index in [4.69, 9.17) is 11.6 Å². The molecule has 1 aliphatic heterocycles. The highest BCUT2D eigenvalue weighted by atomic mass is 35.5. The Morgan fingerprint density at radius 1 is 1.50 bits per heavy atom.